The highest BCUT2D eigenvalue weighted by atomic mass is 35.5. The third kappa shape index (κ3) is 7.57. The molecule has 0 aliphatic heterocycles. The summed E-state index contributed by atoms with van der Waals surface area (Å²) in [5.41, 5.74) is 0.959. The van der Waals surface area contributed by atoms with Crippen molar-refractivity contribution in [3.63, 3.8) is 0 Å². The van der Waals surface area contributed by atoms with Crippen molar-refractivity contribution in [1.29, 1.82) is 0 Å². The lowest BCUT2D eigenvalue weighted by atomic mass is 10.2. The zero-order valence-electron chi connectivity index (χ0n) is 21.4. The molecular formula is C24H23Cl2N7O4S3. The van der Waals surface area contributed by atoms with E-state index in [9.17, 15) is 9.59 Å². The van der Waals surface area contributed by atoms with Gasteiger partial charge in [-0.3, -0.25) is 19.5 Å². The smallest absolute Gasteiger partial charge is 0.251 e. The minimum Gasteiger partial charge on any atom is -0.497 e. The number of halogens is 2. The van der Waals surface area contributed by atoms with Gasteiger partial charge in [-0.1, -0.05) is 65.0 Å². The Morgan fingerprint density at radius 1 is 0.975 bits per heavy atom. The van der Waals surface area contributed by atoms with Crippen LogP contribution in [0.25, 0.3) is 5.69 Å². The van der Waals surface area contributed by atoms with Crippen LogP contribution >= 0.6 is 58.1 Å². The Labute approximate surface area is 252 Å². The minimum atomic E-state index is -0.368. The molecule has 0 fully saturated rings. The lowest BCUT2D eigenvalue weighted by Gasteiger charge is -2.12. The van der Waals surface area contributed by atoms with Crippen LogP contribution in [0.5, 0.6) is 11.5 Å². The quantitative estimate of drug-likeness (QED) is 0.157. The number of hydrogen-bond acceptors (Lipinski definition) is 11. The number of carbonyl (C=O) groups is 2. The largest absolute Gasteiger partial charge is 0.497 e. The average molecular weight is 641 g/mol. The van der Waals surface area contributed by atoms with Gasteiger partial charge in [0.2, 0.25) is 11.0 Å². The molecule has 11 nitrogen and oxygen atoms in total. The lowest BCUT2D eigenvalue weighted by molar-refractivity contribution is -0.113. The van der Waals surface area contributed by atoms with E-state index in [0.29, 0.717) is 48.9 Å². The molecule has 0 saturated carbocycles. The van der Waals surface area contributed by atoms with Crippen LogP contribution in [0.3, 0.4) is 0 Å². The number of ether oxygens (including phenoxy) is 2. The molecule has 0 saturated heterocycles. The van der Waals surface area contributed by atoms with Gasteiger partial charge in [0.25, 0.3) is 5.91 Å². The molecular weight excluding hydrogens is 617 g/mol. The van der Waals surface area contributed by atoms with E-state index in [1.54, 1.807) is 52.7 Å². The molecule has 0 atom stereocenters. The van der Waals surface area contributed by atoms with Crippen LogP contribution in [0.1, 0.15) is 23.1 Å². The number of hydrogen-bond donors (Lipinski definition) is 2. The van der Waals surface area contributed by atoms with Crippen LogP contribution < -0.4 is 20.1 Å². The van der Waals surface area contributed by atoms with Crippen molar-refractivity contribution in [2.45, 2.75) is 23.0 Å². The van der Waals surface area contributed by atoms with E-state index in [0.717, 1.165) is 21.9 Å². The Hall–Kier alpha value is -3.04. The first-order valence-corrected chi connectivity index (χ1v) is 15.2. The van der Waals surface area contributed by atoms with E-state index in [1.807, 2.05) is 6.92 Å². The number of aromatic nitrogens is 5. The lowest BCUT2D eigenvalue weighted by Crippen LogP contribution is -2.24. The maximum Gasteiger partial charge on any atom is 0.251 e. The van der Waals surface area contributed by atoms with Crippen molar-refractivity contribution >= 4 is 75.0 Å². The number of nitrogens with zero attached hydrogens (tertiary/aromatic N) is 5. The summed E-state index contributed by atoms with van der Waals surface area (Å²) in [6.07, 6.45) is 0. The number of nitrogens with one attached hydrogen (secondary N) is 2. The monoisotopic (exact) mass is 639 g/mol. The van der Waals surface area contributed by atoms with Gasteiger partial charge in [-0.15, -0.1) is 20.4 Å². The Bertz CT molecular complexity index is 1490. The van der Waals surface area contributed by atoms with E-state index in [1.165, 1.54) is 25.6 Å². The molecule has 2 aromatic carbocycles. The molecule has 210 valence electrons. The topological polar surface area (TPSA) is 133 Å². The molecule has 4 rings (SSSR count). The van der Waals surface area contributed by atoms with Crippen LogP contribution in [0.2, 0.25) is 10.0 Å². The molecule has 0 bridgehead atoms. The van der Waals surface area contributed by atoms with Crippen LogP contribution in [-0.2, 0) is 11.3 Å². The third-order valence-corrected chi connectivity index (χ3v) is 8.66. The van der Waals surface area contributed by atoms with E-state index >= 15 is 0 Å². The number of amides is 2. The summed E-state index contributed by atoms with van der Waals surface area (Å²) in [7, 11) is 3.01. The SMILES string of the molecule is CCSc1nnc(NC(=O)CSc2nnc(CNC(=O)c3cc(OC)cc(OC)c3)n2-c2ccc(Cl)c(Cl)c2)s1. The molecule has 40 heavy (non-hydrogen) atoms. The molecule has 16 heteroatoms. The summed E-state index contributed by atoms with van der Waals surface area (Å²) in [6, 6.07) is 9.92. The first-order valence-electron chi connectivity index (χ1n) is 11.6. The first-order chi connectivity index (χ1) is 19.3. The molecule has 0 unspecified atom stereocenters. The molecule has 2 N–H and O–H groups in total. The van der Waals surface area contributed by atoms with Crippen molar-refractivity contribution in [3.8, 4) is 17.2 Å². The fourth-order valence-electron chi connectivity index (χ4n) is 3.32. The maximum atomic E-state index is 13.0. The number of carbonyl (C=O) groups excluding carboxylic acids is 2. The molecule has 0 radical (unpaired) electrons. The van der Waals surface area contributed by atoms with Gasteiger partial charge in [0, 0.05) is 11.6 Å². The molecule has 4 aromatic rings. The summed E-state index contributed by atoms with van der Waals surface area (Å²) in [5, 5.41) is 23.7. The average Bonchev–Trinajstić information content (AvgIpc) is 3.58. The second-order valence-corrected chi connectivity index (χ2v) is 12.0. The Kier molecular flexibility index (Phi) is 10.5. The molecule has 0 aliphatic rings. The number of anilines is 1. The zero-order valence-corrected chi connectivity index (χ0v) is 25.4. The first kappa shape index (κ1) is 29.9. The van der Waals surface area contributed by atoms with Crippen molar-refractivity contribution in [2.24, 2.45) is 0 Å². The normalized spacial score (nSPS) is 10.8. The van der Waals surface area contributed by atoms with Crippen molar-refractivity contribution < 1.29 is 19.1 Å². The highest BCUT2D eigenvalue weighted by molar-refractivity contribution is 8.01. The van der Waals surface area contributed by atoms with Gasteiger partial charge >= 0.3 is 0 Å². The van der Waals surface area contributed by atoms with Crippen LogP contribution in [0.15, 0.2) is 45.9 Å². The second-order valence-electron chi connectivity index (χ2n) is 7.76. The van der Waals surface area contributed by atoms with Gasteiger partial charge in [0.05, 0.1) is 42.2 Å². The van der Waals surface area contributed by atoms with Crippen molar-refractivity contribution in [3.05, 3.63) is 57.8 Å². The van der Waals surface area contributed by atoms with E-state index in [4.69, 9.17) is 32.7 Å². The molecule has 2 amide bonds. The van der Waals surface area contributed by atoms with E-state index in [-0.39, 0.29) is 24.1 Å². The van der Waals surface area contributed by atoms with Gasteiger partial charge in [-0.25, -0.2) is 0 Å². The number of rotatable bonds is 12. The van der Waals surface area contributed by atoms with Gasteiger partial charge in [0.1, 0.15) is 11.5 Å². The summed E-state index contributed by atoms with van der Waals surface area (Å²) in [5.74, 6) is 1.62. The fraction of sp³-hybridized carbons (Fsp3) is 0.250. The highest BCUT2D eigenvalue weighted by Crippen LogP contribution is 2.29. The molecule has 2 aromatic heterocycles. The highest BCUT2D eigenvalue weighted by Gasteiger charge is 2.19. The van der Waals surface area contributed by atoms with Crippen LogP contribution in [0, 0.1) is 0 Å². The number of methoxy groups -OCH3 is 2. The third-order valence-electron chi connectivity index (χ3n) is 5.14. The summed E-state index contributed by atoms with van der Waals surface area (Å²) >= 11 is 16.4. The Morgan fingerprint density at radius 3 is 2.40 bits per heavy atom. The zero-order chi connectivity index (χ0) is 28.6. The summed E-state index contributed by atoms with van der Waals surface area (Å²) < 4.78 is 13.0. The molecule has 0 aliphatic carbocycles. The maximum absolute atomic E-state index is 13.0. The van der Waals surface area contributed by atoms with Gasteiger partial charge < -0.3 is 14.8 Å². The Morgan fingerprint density at radius 2 is 1.73 bits per heavy atom. The van der Waals surface area contributed by atoms with Gasteiger partial charge in [-0.05, 0) is 36.1 Å². The van der Waals surface area contributed by atoms with E-state index < -0.39 is 0 Å². The van der Waals surface area contributed by atoms with E-state index in [2.05, 4.69) is 31.0 Å². The van der Waals surface area contributed by atoms with Crippen molar-refractivity contribution in [1.82, 2.24) is 30.3 Å². The number of benzene rings is 2. The van der Waals surface area contributed by atoms with Crippen LogP contribution in [0.4, 0.5) is 5.13 Å². The molecule has 2 heterocycles. The number of thioether (sulfide) groups is 2. The minimum absolute atomic E-state index is 0.0288. The summed E-state index contributed by atoms with van der Waals surface area (Å²) in [6.45, 7) is 2.04. The Balaban J connectivity index is 1.52. The van der Waals surface area contributed by atoms with Crippen molar-refractivity contribution in [2.75, 3.05) is 31.0 Å². The second kappa shape index (κ2) is 14.0. The predicted molar refractivity (Wildman–Crippen MR) is 158 cm³/mol. The molecule has 0 spiro atoms. The van der Waals surface area contributed by atoms with Gasteiger partial charge in [0.15, 0.2) is 15.3 Å². The van der Waals surface area contributed by atoms with Crippen LogP contribution in [-0.4, -0.2) is 62.5 Å². The standard InChI is InChI=1S/C24H23Cl2N7O4S3/c1-4-38-24-32-30-22(40-24)28-20(34)12-39-23-31-29-19(33(23)14-5-6-17(25)18(26)9-14)11-27-21(35)13-7-15(36-2)10-16(8-13)37-3/h5-10H,4,11-12H2,1-3H3,(H,27,35)(H,28,30,34). The van der Waals surface area contributed by atoms with Gasteiger partial charge in [-0.2, -0.15) is 0 Å². The summed E-state index contributed by atoms with van der Waals surface area (Å²) in [4.78, 5) is 25.6. The fourth-order valence-corrected chi connectivity index (χ4v) is 6.05. The predicted octanol–water partition coefficient (Wildman–Crippen LogP) is 5.22.